The quantitative estimate of drug-likeness (QED) is 0.864. The summed E-state index contributed by atoms with van der Waals surface area (Å²) in [6, 6.07) is 2.11. The van der Waals surface area contributed by atoms with E-state index >= 15 is 0 Å². The van der Waals surface area contributed by atoms with E-state index in [9.17, 15) is 0 Å². The van der Waals surface area contributed by atoms with Crippen molar-refractivity contribution in [1.29, 1.82) is 0 Å². The molecule has 1 heterocycles. The SMILES string of the molecule is CNCC1(c2nccc(C3CCC3)n2)CCC1. The third-order valence-corrected chi connectivity index (χ3v) is 4.50. The topological polar surface area (TPSA) is 37.8 Å². The van der Waals surface area contributed by atoms with Gasteiger partial charge in [0.25, 0.3) is 0 Å². The minimum Gasteiger partial charge on any atom is -0.319 e. The predicted octanol–water partition coefficient (Wildman–Crippen LogP) is 2.39. The second kappa shape index (κ2) is 4.37. The molecule has 1 aromatic rings. The molecule has 1 N–H and O–H groups in total. The van der Waals surface area contributed by atoms with Crippen molar-refractivity contribution in [2.45, 2.75) is 49.9 Å². The monoisotopic (exact) mass is 231 g/mol. The van der Waals surface area contributed by atoms with Crippen molar-refractivity contribution < 1.29 is 0 Å². The number of likely N-dealkylation sites (N-methyl/N-ethyl adjacent to an activating group) is 1. The van der Waals surface area contributed by atoms with Crippen LogP contribution in [0.2, 0.25) is 0 Å². The molecule has 0 spiro atoms. The molecular formula is C14H21N3. The molecule has 2 fully saturated rings. The Morgan fingerprint density at radius 1 is 1.35 bits per heavy atom. The summed E-state index contributed by atoms with van der Waals surface area (Å²) >= 11 is 0. The van der Waals surface area contributed by atoms with Gasteiger partial charge >= 0.3 is 0 Å². The first-order valence-corrected chi connectivity index (χ1v) is 6.82. The molecule has 3 rings (SSSR count). The van der Waals surface area contributed by atoms with Gasteiger partial charge in [-0.3, -0.25) is 0 Å². The second-order valence-corrected chi connectivity index (χ2v) is 5.60. The maximum atomic E-state index is 4.86. The van der Waals surface area contributed by atoms with Crippen LogP contribution in [0.5, 0.6) is 0 Å². The van der Waals surface area contributed by atoms with Crippen molar-refractivity contribution in [3.8, 4) is 0 Å². The van der Waals surface area contributed by atoms with Gasteiger partial charge in [-0.2, -0.15) is 0 Å². The average Bonchev–Trinajstić information content (AvgIpc) is 2.21. The van der Waals surface area contributed by atoms with Crippen LogP contribution < -0.4 is 5.32 Å². The van der Waals surface area contributed by atoms with Gasteiger partial charge in [0, 0.05) is 29.8 Å². The number of nitrogens with zero attached hydrogens (tertiary/aromatic N) is 2. The summed E-state index contributed by atoms with van der Waals surface area (Å²) < 4.78 is 0. The minimum absolute atomic E-state index is 0.231. The zero-order chi connectivity index (χ0) is 11.7. The largest absolute Gasteiger partial charge is 0.319 e. The van der Waals surface area contributed by atoms with Gasteiger partial charge < -0.3 is 5.32 Å². The molecule has 0 aliphatic heterocycles. The standard InChI is InChI=1S/C14H21N3/c1-15-10-14(7-3-8-14)13-16-9-6-12(17-13)11-4-2-5-11/h6,9,11,15H,2-5,7-8,10H2,1H3. The number of hydrogen-bond donors (Lipinski definition) is 1. The maximum Gasteiger partial charge on any atom is 0.135 e. The molecule has 2 saturated carbocycles. The molecule has 3 nitrogen and oxygen atoms in total. The van der Waals surface area contributed by atoms with E-state index in [-0.39, 0.29) is 5.41 Å². The van der Waals surface area contributed by atoms with E-state index in [1.807, 2.05) is 13.2 Å². The van der Waals surface area contributed by atoms with Crippen LogP contribution in [0.15, 0.2) is 12.3 Å². The fraction of sp³-hybridized carbons (Fsp3) is 0.714. The summed E-state index contributed by atoms with van der Waals surface area (Å²) in [7, 11) is 2.02. The fourth-order valence-corrected chi connectivity index (χ4v) is 2.98. The Labute approximate surface area is 103 Å². The maximum absolute atomic E-state index is 4.86. The van der Waals surface area contributed by atoms with Crippen LogP contribution in [0, 0.1) is 0 Å². The summed E-state index contributed by atoms with van der Waals surface area (Å²) in [6.07, 6.45) is 9.75. The highest BCUT2D eigenvalue weighted by Gasteiger charge is 2.41. The second-order valence-electron chi connectivity index (χ2n) is 5.60. The smallest absolute Gasteiger partial charge is 0.135 e. The highest BCUT2D eigenvalue weighted by molar-refractivity contribution is 5.19. The van der Waals surface area contributed by atoms with Crippen LogP contribution in [-0.4, -0.2) is 23.6 Å². The normalized spacial score (nSPS) is 22.9. The van der Waals surface area contributed by atoms with Crippen LogP contribution in [-0.2, 0) is 5.41 Å². The lowest BCUT2D eigenvalue weighted by atomic mass is 9.68. The van der Waals surface area contributed by atoms with Gasteiger partial charge in [0.15, 0.2) is 0 Å². The Morgan fingerprint density at radius 2 is 2.18 bits per heavy atom. The molecule has 0 bridgehead atoms. The van der Waals surface area contributed by atoms with Crippen molar-refractivity contribution in [3.63, 3.8) is 0 Å². The molecule has 92 valence electrons. The summed E-state index contributed by atoms with van der Waals surface area (Å²) in [5.41, 5.74) is 1.51. The molecule has 0 aromatic carbocycles. The van der Waals surface area contributed by atoms with Crippen LogP contribution >= 0.6 is 0 Å². The minimum atomic E-state index is 0.231. The number of nitrogens with one attached hydrogen (secondary N) is 1. The molecule has 1 aromatic heterocycles. The van der Waals surface area contributed by atoms with Gasteiger partial charge in [-0.1, -0.05) is 12.8 Å². The Kier molecular flexibility index (Phi) is 2.87. The summed E-state index contributed by atoms with van der Waals surface area (Å²) in [6.45, 7) is 1.01. The van der Waals surface area contributed by atoms with Crippen LogP contribution in [0.25, 0.3) is 0 Å². The molecule has 3 heteroatoms. The number of hydrogen-bond acceptors (Lipinski definition) is 3. The Morgan fingerprint density at radius 3 is 2.71 bits per heavy atom. The van der Waals surface area contributed by atoms with Gasteiger partial charge in [-0.25, -0.2) is 9.97 Å². The Balaban J connectivity index is 1.86. The summed E-state index contributed by atoms with van der Waals surface area (Å²) in [5, 5.41) is 3.31. The molecule has 0 saturated heterocycles. The van der Waals surface area contributed by atoms with Crippen molar-refractivity contribution in [3.05, 3.63) is 23.8 Å². The predicted molar refractivity (Wildman–Crippen MR) is 68.1 cm³/mol. The molecule has 0 amide bonds. The lowest BCUT2D eigenvalue weighted by molar-refractivity contribution is 0.223. The summed E-state index contributed by atoms with van der Waals surface area (Å²) in [4.78, 5) is 9.40. The van der Waals surface area contributed by atoms with Crippen LogP contribution in [0.4, 0.5) is 0 Å². The van der Waals surface area contributed by atoms with E-state index in [4.69, 9.17) is 4.98 Å². The average molecular weight is 231 g/mol. The Hall–Kier alpha value is -0.960. The molecule has 2 aliphatic rings. The molecule has 17 heavy (non-hydrogen) atoms. The molecule has 2 aliphatic carbocycles. The summed E-state index contributed by atoms with van der Waals surface area (Å²) in [5.74, 6) is 1.80. The van der Waals surface area contributed by atoms with E-state index in [2.05, 4.69) is 16.4 Å². The zero-order valence-corrected chi connectivity index (χ0v) is 10.6. The van der Waals surface area contributed by atoms with E-state index in [1.54, 1.807) is 0 Å². The molecule has 0 atom stereocenters. The number of aromatic nitrogens is 2. The van der Waals surface area contributed by atoms with Crippen LogP contribution in [0.1, 0.15) is 56.0 Å². The third kappa shape index (κ3) is 1.86. The van der Waals surface area contributed by atoms with E-state index in [0.29, 0.717) is 5.92 Å². The van der Waals surface area contributed by atoms with Crippen molar-refractivity contribution in [2.24, 2.45) is 0 Å². The van der Waals surface area contributed by atoms with Crippen molar-refractivity contribution in [1.82, 2.24) is 15.3 Å². The van der Waals surface area contributed by atoms with Gasteiger partial charge in [0.2, 0.25) is 0 Å². The van der Waals surface area contributed by atoms with Crippen molar-refractivity contribution >= 4 is 0 Å². The lowest BCUT2D eigenvalue weighted by Gasteiger charge is -2.40. The van der Waals surface area contributed by atoms with Gasteiger partial charge in [-0.15, -0.1) is 0 Å². The van der Waals surface area contributed by atoms with E-state index in [1.165, 1.54) is 44.2 Å². The van der Waals surface area contributed by atoms with E-state index < -0.39 is 0 Å². The molecule has 0 unspecified atom stereocenters. The third-order valence-electron chi connectivity index (χ3n) is 4.50. The first-order chi connectivity index (χ1) is 8.34. The fourth-order valence-electron chi connectivity index (χ4n) is 2.98. The number of rotatable bonds is 4. The highest BCUT2D eigenvalue weighted by atomic mass is 14.9. The van der Waals surface area contributed by atoms with E-state index in [0.717, 1.165) is 12.4 Å². The molecular weight excluding hydrogens is 210 g/mol. The molecule has 0 radical (unpaired) electrons. The van der Waals surface area contributed by atoms with Gasteiger partial charge in [-0.05, 0) is 38.8 Å². The Bertz CT molecular complexity index is 394. The first kappa shape index (κ1) is 11.1. The van der Waals surface area contributed by atoms with Gasteiger partial charge in [0.1, 0.15) is 5.82 Å². The highest BCUT2D eigenvalue weighted by Crippen LogP contribution is 2.42. The van der Waals surface area contributed by atoms with Gasteiger partial charge in [0.05, 0.1) is 0 Å². The van der Waals surface area contributed by atoms with Crippen LogP contribution in [0.3, 0.4) is 0 Å². The zero-order valence-electron chi connectivity index (χ0n) is 10.6. The lowest BCUT2D eigenvalue weighted by Crippen LogP contribution is -2.44. The first-order valence-electron chi connectivity index (χ1n) is 6.82. The van der Waals surface area contributed by atoms with Crippen molar-refractivity contribution in [2.75, 3.05) is 13.6 Å².